The van der Waals surface area contributed by atoms with Crippen molar-refractivity contribution >= 4 is 23.4 Å². The van der Waals surface area contributed by atoms with Crippen LogP contribution in [0.3, 0.4) is 0 Å². The van der Waals surface area contributed by atoms with Crippen LogP contribution in [-0.2, 0) is 4.75 Å². The number of hydrogen-bond acceptors (Lipinski definition) is 1. The lowest BCUT2D eigenvalue weighted by molar-refractivity contribution is 1.03. The minimum atomic E-state index is 0.350. The maximum absolute atomic E-state index is 6.28. The molecule has 1 aliphatic rings. The summed E-state index contributed by atoms with van der Waals surface area (Å²) in [6, 6.07) is 6.34. The molecular weight excluding hydrogens is 224 g/mol. The lowest BCUT2D eigenvalue weighted by Gasteiger charge is -2.15. The summed E-state index contributed by atoms with van der Waals surface area (Å²) in [7, 11) is 0. The first kappa shape index (κ1) is 12.9. The number of rotatable bonds is 2. The number of thioether (sulfide) groups is 1. The van der Waals surface area contributed by atoms with Gasteiger partial charge >= 0.3 is 0 Å². The fourth-order valence-electron chi connectivity index (χ4n) is 1.70. The first-order valence-corrected chi connectivity index (χ1v) is 7.11. The van der Waals surface area contributed by atoms with E-state index in [0.29, 0.717) is 4.75 Å². The van der Waals surface area contributed by atoms with Gasteiger partial charge in [0.1, 0.15) is 0 Å². The van der Waals surface area contributed by atoms with Crippen LogP contribution in [-0.4, -0.2) is 6.26 Å². The summed E-state index contributed by atoms with van der Waals surface area (Å²) < 4.78 is 0.350. The molecule has 0 unspecified atom stereocenters. The van der Waals surface area contributed by atoms with Crippen LogP contribution in [0.15, 0.2) is 18.2 Å². The molecule has 1 aliphatic carbocycles. The van der Waals surface area contributed by atoms with E-state index in [1.807, 2.05) is 25.6 Å². The summed E-state index contributed by atoms with van der Waals surface area (Å²) >= 11 is 8.21. The predicted octanol–water partition coefficient (Wildman–Crippen LogP) is 5.03. The van der Waals surface area contributed by atoms with Crippen molar-refractivity contribution in [3.8, 4) is 0 Å². The topological polar surface area (TPSA) is 0 Å². The average Bonchev–Trinajstić information content (AvgIpc) is 3.06. The summed E-state index contributed by atoms with van der Waals surface area (Å²) in [5.74, 6) is 0. The molecular formula is C13H19ClS. The highest BCUT2D eigenvalue weighted by atomic mass is 35.5. The van der Waals surface area contributed by atoms with Gasteiger partial charge in [-0.1, -0.05) is 43.6 Å². The Labute approximate surface area is 102 Å². The molecule has 0 N–H and O–H groups in total. The Morgan fingerprint density at radius 1 is 1.27 bits per heavy atom. The molecule has 0 amide bonds. The van der Waals surface area contributed by atoms with E-state index in [1.54, 1.807) is 0 Å². The van der Waals surface area contributed by atoms with E-state index < -0.39 is 0 Å². The molecule has 1 fully saturated rings. The molecule has 1 aromatic rings. The number of halogens is 1. The third-order valence-electron chi connectivity index (χ3n) is 2.78. The van der Waals surface area contributed by atoms with E-state index in [-0.39, 0.29) is 0 Å². The monoisotopic (exact) mass is 242 g/mol. The van der Waals surface area contributed by atoms with Gasteiger partial charge in [0.2, 0.25) is 0 Å². The molecule has 2 rings (SSSR count). The molecule has 0 aliphatic heterocycles. The fourth-order valence-corrected chi connectivity index (χ4v) is 2.96. The Morgan fingerprint density at radius 2 is 1.87 bits per heavy atom. The molecule has 0 spiro atoms. The highest BCUT2D eigenvalue weighted by molar-refractivity contribution is 7.99. The van der Waals surface area contributed by atoms with Crippen LogP contribution in [0, 0.1) is 6.92 Å². The molecule has 0 aromatic heterocycles. The van der Waals surface area contributed by atoms with Crippen LogP contribution in [0.25, 0.3) is 0 Å². The summed E-state index contributed by atoms with van der Waals surface area (Å²) in [6.07, 6.45) is 4.72. The summed E-state index contributed by atoms with van der Waals surface area (Å²) in [5.41, 5.74) is 2.53. The van der Waals surface area contributed by atoms with Gasteiger partial charge in [-0.2, -0.15) is 11.8 Å². The van der Waals surface area contributed by atoms with Gasteiger partial charge < -0.3 is 0 Å². The van der Waals surface area contributed by atoms with Gasteiger partial charge in [-0.05, 0) is 37.1 Å². The SMILES string of the molecule is CC.CSC1(c2cccc(C)c2Cl)CC1. The molecule has 84 valence electrons. The Kier molecular flexibility index (Phi) is 4.54. The van der Waals surface area contributed by atoms with E-state index in [1.165, 1.54) is 24.0 Å². The lowest BCUT2D eigenvalue weighted by atomic mass is 10.1. The van der Waals surface area contributed by atoms with E-state index in [9.17, 15) is 0 Å². The van der Waals surface area contributed by atoms with E-state index in [2.05, 4.69) is 31.4 Å². The molecule has 2 heteroatoms. The smallest absolute Gasteiger partial charge is 0.0481 e. The van der Waals surface area contributed by atoms with Crippen molar-refractivity contribution in [2.75, 3.05) is 6.26 Å². The standard InChI is InChI=1S/C11H13ClS.C2H6/c1-8-4-3-5-9(10(8)12)11(13-2)6-7-11;1-2/h3-5H,6-7H2,1-2H3;1-2H3. The summed E-state index contributed by atoms with van der Waals surface area (Å²) in [5, 5.41) is 0.967. The fraction of sp³-hybridized carbons (Fsp3) is 0.538. The van der Waals surface area contributed by atoms with Crippen molar-refractivity contribution in [2.45, 2.75) is 38.4 Å². The molecule has 0 radical (unpaired) electrons. The first-order valence-electron chi connectivity index (χ1n) is 5.50. The van der Waals surface area contributed by atoms with Crippen molar-refractivity contribution in [1.29, 1.82) is 0 Å². The van der Waals surface area contributed by atoms with Crippen molar-refractivity contribution in [2.24, 2.45) is 0 Å². The molecule has 0 atom stereocenters. The number of hydrogen-bond donors (Lipinski definition) is 0. The van der Waals surface area contributed by atoms with Crippen LogP contribution in [0.1, 0.15) is 37.8 Å². The highest BCUT2D eigenvalue weighted by Crippen LogP contribution is 2.57. The third kappa shape index (κ3) is 2.51. The van der Waals surface area contributed by atoms with Gasteiger partial charge in [0.05, 0.1) is 0 Å². The Hall–Kier alpha value is -0.140. The summed E-state index contributed by atoms with van der Waals surface area (Å²) in [6.45, 7) is 6.07. The van der Waals surface area contributed by atoms with Crippen molar-refractivity contribution in [1.82, 2.24) is 0 Å². The Morgan fingerprint density at radius 3 is 2.33 bits per heavy atom. The van der Waals surface area contributed by atoms with E-state index in [4.69, 9.17) is 11.6 Å². The third-order valence-corrected chi connectivity index (χ3v) is 4.69. The van der Waals surface area contributed by atoms with Crippen LogP contribution in [0.4, 0.5) is 0 Å². The second-order valence-corrected chi connectivity index (χ2v) is 5.20. The summed E-state index contributed by atoms with van der Waals surface area (Å²) in [4.78, 5) is 0. The quantitative estimate of drug-likeness (QED) is 0.701. The zero-order valence-corrected chi connectivity index (χ0v) is 11.5. The van der Waals surface area contributed by atoms with Crippen molar-refractivity contribution in [3.63, 3.8) is 0 Å². The highest BCUT2D eigenvalue weighted by Gasteiger charge is 2.44. The van der Waals surface area contributed by atoms with Gasteiger partial charge in [-0.25, -0.2) is 0 Å². The van der Waals surface area contributed by atoms with Gasteiger partial charge in [0, 0.05) is 9.77 Å². The zero-order valence-electron chi connectivity index (χ0n) is 9.93. The molecule has 0 bridgehead atoms. The van der Waals surface area contributed by atoms with Crippen LogP contribution in [0.2, 0.25) is 5.02 Å². The molecule has 0 nitrogen and oxygen atoms in total. The van der Waals surface area contributed by atoms with Crippen molar-refractivity contribution < 1.29 is 0 Å². The molecule has 15 heavy (non-hydrogen) atoms. The van der Waals surface area contributed by atoms with Gasteiger partial charge in [0.15, 0.2) is 0 Å². The largest absolute Gasteiger partial charge is 0.154 e. The van der Waals surface area contributed by atoms with E-state index in [0.717, 1.165) is 5.02 Å². The average molecular weight is 243 g/mol. The predicted molar refractivity (Wildman–Crippen MR) is 72.0 cm³/mol. The van der Waals surface area contributed by atoms with Gasteiger partial charge in [0.25, 0.3) is 0 Å². The Bertz CT molecular complexity index is 329. The first-order chi connectivity index (χ1) is 7.19. The second-order valence-electron chi connectivity index (χ2n) is 3.63. The van der Waals surface area contributed by atoms with Gasteiger partial charge in [-0.15, -0.1) is 0 Å². The molecule has 1 saturated carbocycles. The second kappa shape index (κ2) is 5.27. The Balaban J connectivity index is 0.000000531. The molecule has 1 aromatic carbocycles. The minimum Gasteiger partial charge on any atom is -0.154 e. The zero-order chi connectivity index (χ0) is 11.5. The molecule has 0 saturated heterocycles. The van der Waals surface area contributed by atoms with Crippen molar-refractivity contribution in [3.05, 3.63) is 34.3 Å². The molecule has 0 heterocycles. The van der Waals surface area contributed by atoms with E-state index >= 15 is 0 Å². The number of aryl methyl sites for hydroxylation is 1. The van der Waals surface area contributed by atoms with Gasteiger partial charge in [-0.3, -0.25) is 0 Å². The maximum Gasteiger partial charge on any atom is 0.0481 e. The van der Waals surface area contributed by atoms with Crippen LogP contribution < -0.4 is 0 Å². The number of benzene rings is 1. The normalized spacial score (nSPS) is 16.6. The minimum absolute atomic E-state index is 0.350. The van der Waals surface area contributed by atoms with Crippen LogP contribution >= 0.6 is 23.4 Å². The van der Waals surface area contributed by atoms with Crippen LogP contribution in [0.5, 0.6) is 0 Å². The lowest BCUT2D eigenvalue weighted by Crippen LogP contribution is -2.01. The maximum atomic E-state index is 6.28.